The lowest BCUT2D eigenvalue weighted by molar-refractivity contribution is -0.150. The van der Waals surface area contributed by atoms with Crippen LogP contribution in [0.1, 0.15) is 60.6 Å². The molecule has 1 N–H and O–H groups in total. The summed E-state index contributed by atoms with van der Waals surface area (Å²) < 4.78 is 13.2. The van der Waals surface area contributed by atoms with Gasteiger partial charge in [-0.25, -0.2) is 4.79 Å². The number of hydrogen-bond acceptors (Lipinski definition) is 6. The monoisotopic (exact) mass is 558 g/mol. The van der Waals surface area contributed by atoms with Crippen molar-refractivity contribution < 1.29 is 24.0 Å². The maximum absolute atomic E-state index is 14.3. The molecule has 3 aromatic rings. The molecule has 2 aromatic heterocycles. The second-order valence-corrected chi connectivity index (χ2v) is 11.2. The molecule has 1 aliphatic rings. The second-order valence-electron chi connectivity index (χ2n) is 10.4. The molecule has 0 aliphatic carbocycles. The number of ether oxygens (including phenoxy) is 1. The van der Waals surface area contributed by atoms with Crippen LogP contribution in [0.2, 0.25) is 0 Å². The van der Waals surface area contributed by atoms with Gasteiger partial charge in [0.25, 0.3) is 5.91 Å². The number of carboxylic acids is 1. The van der Waals surface area contributed by atoms with Gasteiger partial charge in [-0.3, -0.25) is 9.48 Å². The Morgan fingerprint density at radius 3 is 2.58 bits per heavy atom. The van der Waals surface area contributed by atoms with Crippen molar-refractivity contribution in [3.8, 4) is 0 Å². The number of aromatic nitrogens is 3. The Hall–Kier alpha value is -2.98. The van der Waals surface area contributed by atoms with Gasteiger partial charge in [0.05, 0.1) is 19.2 Å². The predicted octanol–water partition coefficient (Wildman–Crippen LogP) is 4.61. The first kappa shape index (κ1) is 26.1. The highest BCUT2D eigenvalue weighted by Crippen LogP contribution is 2.49. The molecule has 192 valence electrons. The van der Waals surface area contributed by atoms with Gasteiger partial charge >= 0.3 is 5.97 Å². The molecule has 1 unspecified atom stereocenters. The van der Waals surface area contributed by atoms with E-state index in [0.29, 0.717) is 17.0 Å². The van der Waals surface area contributed by atoms with Gasteiger partial charge in [-0.15, -0.1) is 0 Å². The van der Waals surface area contributed by atoms with Crippen LogP contribution in [0, 0.1) is 12.8 Å². The van der Waals surface area contributed by atoms with Crippen molar-refractivity contribution in [2.45, 2.75) is 57.7 Å². The van der Waals surface area contributed by atoms with Gasteiger partial charge in [0.1, 0.15) is 11.5 Å². The molecule has 1 aromatic carbocycles. The Labute approximate surface area is 218 Å². The summed E-state index contributed by atoms with van der Waals surface area (Å²) in [4.78, 5) is 28.8. The Morgan fingerprint density at radius 2 is 2.06 bits per heavy atom. The van der Waals surface area contributed by atoms with Crippen LogP contribution in [0.25, 0.3) is 0 Å². The lowest BCUT2D eigenvalue weighted by atomic mass is 9.86. The van der Waals surface area contributed by atoms with Gasteiger partial charge in [0, 0.05) is 41.5 Å². The van der Waals surface area contributed by atoms with E-state index in [1.165, 1.54) is 4.90 Å². The highest BCUT2D eigenvalue weighted by molar-refractivity contribution is 9.10. The van der Waals surface area contributed by atoms with E-state index in [1.54, 1.807) is 55.4 Å². The molecule has 3 atom stereocenters. The normalized spacial score (nSPS) is 22.2. The topological polar surface area (TPSA) is 111 Å². The quantitative estimate of drug-likeness (QED) is 0.450. The highest BCUT2D eigenvalue weighted by atomic mass is 79.9. The summed E-state index contributed by atoms with van der Waals surface area (Å²) in [5.74, 6) is -1.27. The molecular weight excluding hydrogens is 528 g/mol. The number of nitrogens with zero attached hydrogens (tertiary/aromatic N) is 4. The van der Waals surface area contributed by atoms with Crippen LogP contribution < -0.4 is 0 Å². The first-order valence-corrected chi connectivity index (χ1v) is 12.5. The molecule has 0 spiro atoms. The van der Waals surface area contributed by atoms with Crippen LogP contribution in [0.4, 0.5) is 0 Å². The number of aryl methyl sites for hydroxylation is 1. The van der Waals surface area contributed by atoms with Crippen molar-refractivity contribution in [2.75, 3.05) is 13.7 Å². The minimum atomic E-state index is -1.58. The zero-order valence-electron chi connectivity index (χ0n) is 21.1. The third-order valence-electron chi connectivity index (χ3n) is 6.74. The molecule has 4 rings (SSSR count). The minimum absolute atomic E-state index is 0.0180. The third-order valence-corrected chi connectivity index (χ3v) is 7.40. The number of carboxylic acid groups (broad SMARTS) is 1. The molecule has 0 bridgehead atoms. The molecular formula is C26H31BrN4O5. The number of aliphatic carboxylic acids is 1. The number of rotatable bonds is 7. The zero-order valence-corrected chi connectivity index (χ0v) is 22.7. The predicted molar refractivity (Wildman–Crippen MR) is 136 cm³/mol. The molecule has 36 heavy (non-hydrogen) atoms. The van der Waals surface area contributed by atoms with Gasteiger partial charge in [-0.1, -0.05) is 47.9 Å². The second kappa shape index (κ2) is 9.82. The summed E-state index contributed by atoms with van der Waals surface area (Å²) >= 11 is 3.62. The van der Waals surface area contributed by atoms with E-state index in [9.17, 15) is 14.7 Å². The van der Waals surface area contributed by atoms with Crippen molar-refractivity contribution in [2.24, 2.45) is 5.92 Å². The number of methoxy groups -OCH3 is 1. The molecule has 1 fully saturated rings. The SMILES string of the molecule is COC[C@H]1C[C@@](Cn2cccn2)(C(=O)O)N(C(=O)c2ccc(C(C)(C)C)c(Br)c2)C1c1cc(C)on1. The molecule has 1 aliphatic heterocycles. The lowest BCUT2D eigenvalue weighted by Gasteiger charge is -2.37. The fraction of sp³-hybridized carbons (Fsp3) is 0.462. The molecule has 10 heteroatoms. The van der Waals surface area contributed by atoms with Crippen molar-refractivity contribution in [3.05, 3.63) is 69.8 Å². The molecule has 0 saturated carbocycles. The summed E-state index contributed by atoms with van der Waals surface area (Å²) in [6.45, 7) is 8.27. The molecule has 0 radical (unpaired) electrons. The summed E-state index contributed by atoms with van der Waals surface area (Å²) in [6.07, 6.45) is 3.45. The number of carbonyl (C=O) groups is 2. The van der Waals surface area contributed by atoms with E-state index < -0.39 is 23.5 Å². The van der Waals surface area contributed by atoms with Crippen molar-refractivity contribution in [3.63, 3.8) is 0 Å². The van der Waals surface area contributed by atoms with E-state index in [2.05, 4.69) is 47.0 Å². The fourth-order valence-corrected chi connectivity index (χ4v) is 6.13. The summed E-state index contributed by atoms with van der Waals surface area (Å²) in [5.41, 5.74) is 0.200. The maximum atomic E-state index is 14.3. The van der Waals surface area contributed by atoms with Crippen LogP contribution in [-0.2, 0) is 21.5 Å². The highest BCUT2D eigenvalue weighted by Gasteiger charge is 2.60. The third kappa shape index (κ3) is 4.71. The van der Waals surface area contributed by atoms with E-state index in [-0.39, 0.29) is 30.9 Å². The van der Waals surface area contributed by atoms with Crippen LogP contribution in [0.15, 0.2) is 51.7 Å². The number of likely N-dealkylation sites (tertiary alicyclic amines) is 1. The van der Waals surface area contributed by atoms with E-state index in [1.807, 2.05) is 6.07 Å². The Balaban J connectivity index is 1.89. The Bertz CT molecular complexity index is 1250. The van der Waals surface area contributed by atoms with Gasteiger partial charge in [-0.05, 0) is 42.5 Å². The molecule has 9 nitrogen and oxygen atoms in total. The first-order chi connectivity index (χ1) is 17.0. The van der Waals surface area contributed by atoms with E-state index >= 15 is 0 Å². The number of halogens is 1. The fourth-order valence-electron chi connectivity index (χ4n) is 5.16. The number of hydrogen-bond donors (Lipinski definition) is 1. The van der Waals surface area contributed by atoms with Crippen molar-refractivity contribution >= 4 is 27.8 Å². The van der Waals surface area contributed by atoms with Gasteiger partial charge < -0.3 is 19.3 Å². The van der Waals surface area contributed by atoms with Gasteiger partial charge in [-0.2, -0.15) is 5.10 Å². The standard InChI is InChI=1S/C26H31BrN4O5/c1-16-11-21(29-36-16)22-18(14-35-5)13-26(24(33)34,15-30-10-6-9-28-30)31(22)23(32)17-7-8-19(20(27)12-17)25(2,3)4/h6-12,18,22H,13-15H2,1-5H3,(H,33,34)/t18-,22?,26-/m1/s1. The van der Waals surface area contributed by atoms with E-state index in [4.69, 9.17) is 9.26 Å². The van der Waals surface area contributed by atoms with E-state index in [0.717, 1.165) is 10.0 Å². The largest absolute Gasteiger partial charge is 0.479 e. The summed E-state index contributed by atoms with van der Waals surface area (Å²) in [6, 6.07) is 8.23. The minimum Gasteiger partial charge on any atom is -0.479 e. The Morgan fingerprint density at radius 1 is 1.31 bits per heavy atom. The lowest BCUT2D eigenvalue weighted by Crippen LogP contribution is -2.56. The molecule has 3 heterocycles. The smallest absolute Gasteiger partial charge is 0.331 e. The number of amides is 1. The number of benzene rings is 1. The molecule has 1 amide bonds. The van der Waals surface area contributed by atoms with Crippen LogP contribution >= 0.6 is 15.9 Å². The Kier molecular flexibility index (Phi) is 7.12. The van der Waals surface area contributed by atoms with Crippen LogP contribution in [0.5, 0.6) is 0 Å². The van der Waals surface area contributed by atoms with Crippen LogP contribution in [0.3, 0.4) is 0 Å². The first-order valence-electron chi connectivity index (χ1n) is 11.7. The summed E-state index contributed by atoms with van der Waals surface area (Å²) in [5, 5.41) is 19.1. The number of carbonyl (C=O) groups excluding carboxylic acids is 1. The van der Waals surface area contributed by atoms with Gasteiger partial charge in [0.15, 0.2) is 5.54 Å². The average molecular weight is 559 g/mol. The molecule has 1 saturated heterocycles. The van der Waals surface area contributed by atoms with Crippen LogP contribution in [-0.4, -0.2) is 56.1 Å². The van der Waals surface area contributed by atoms with Crippen molar-refractivity contribution in [1.82, 2.24) is 19.8 Å². The maximum Gasteiger partial charge on any atom is 0.331 e. The zero-order chi connectivity index (χ0) is 26.3. The van der Waals surface area contributed by atoms with Crippen molar-refractivity contribution in [1.29, 1.82) is 0 Å². The summed E-state index contributed by atoms with van der Waals surface area (Å²) in [7, 11) is 1.56. The average Bonchev–Trinajstić information content (AvgIpc) is 3.52. The van der Waals surface area contributed by atoms with Gasteiger partial charge in [0.2, 0.25) is 0 Å².